The third-order valence-corrected chi connectivity index (χ3v) is 5.92. The summed E-state index contributed by atoms with van der Waals surface area (Å²) < 4.78 is 31.8. The van der Waals surface area contributed by atoms with Gasteiger partial charge in [-0.15, -0.1) is 0 Å². The number of sulfonamides is 1. The summed E-state index contributed by atoms with van der Waals surface area (Å²) >= 11 is 0. The third kappa shape index (κ3) is 3.16. The van der Waals surface area contributed by atoms with Gasteiger partial charge < -0.3 is 10.1 Å². The predicted octanol–water partition coefficient (Wildman–Crippen LogP) is 1.15. The number of rotatable bonds is 5. The fraction of sp³-hybridized carbons (Fsp3) is 0.533. The van der Waals surface area contributed by atoms with Crippen LogP contribution in [0.5, 0.6) is 0 Å². The van der Waals surface area contributed by atoms with Crippen molar-refractivity contribution < 1.29 is 17.9 Å². The monoisotopic (exact) mass is 326 g/mol. The number of nitrogens with zero attached hydrogens (tertiary/aromatic N) is 1. The zero-order valence-corrected chi connectivity index (χ0v) is 13.9. The summed E-state index contributed by atoms with van der Waals surface area (Å²) in [5.74, 6) is -0.462. The van der Waals surface area contributed by atoms with Gasteiger partial charge in [0.15, 0.2) is 0 Å². The van der Waals surface area contributed by atoms with Crippen LogP contribution in [0.1, 0.15) is 28.8 Å². The number of carbonyl (C=O) groups is 1. The molecule has 22 heavy (non-hydrogen) atoms. The van der Waals surface area contributed by atoms with Gasteiger partial charge in [0.2, 0.25) is 10.0 Å². The van der Waals surface area contributed by atoms with Gasteiger partial charge in [-0.3, -0.25) is 0 Å². The van der Waals surface area contributed by atoms with E-state index in [-0.39, 0.29) is 10.9 Å². The van der Waals surface area contributed by atoms with Crippen molar-refractivity contribution in [3.05, 3.63) is 29.3 Å². The first kappa shape index (κ1) is 16.9. The topological polar surface area (TPSA) is 75.7 Å². The summed E-state index contributed by atoms with van der Waals surface area (Å²) in [5.41, 5.74) is 0.979. The van der Waals surface area contributed by atoms with E-state index in [1.165, 1.54) is 25.3 Å². The highest BCUT2D eigenvalue weighted by atomic mass is 32.2. The van der Waals surface area contributed by atoms with Crippen molar-refractivity contribution in [2.45, 2.75) is 30.7 Å². The highest BCUT2D eigenvalue weighted by Crippen LogP contribution is 2.27. The predicted molar refractivity (Wildman–Crippen MR) is 83.4 cm³/mol. The van der Waals surface area contributed by atoms with E-state index in [1.54, 1.807) is 11.2 Å². The van der Waals surface area contributed by atoms with Crippen LogP contribution in [-0.4, -0.2) is 52.0 Å². The van der Waals surface area contributed by atoms with Crippen molar-refractivity contribution >= 4 is 16.0 Å². The normalized spacial score (nSPS) is 19.3. The van der Waals surface area contributed by atoms with E-state index in [9.17, 15) is 13.2 Å². The molecule has 6 nitrogen and oxygen atoms in total. The average Bonchev–Trinajstić information content (AvgIpc) is 2.96. The minimum Gasteiger partial charge on any atom is -0.465 e. The number of esters is 1. The number of benzene rings is 1. The van der Waals surface area contributed by atoms with Crippen molar-refractivity contribution in [2.75, 3.05) is 27.2 Å². The number of hydrogen-bond donors (Lipinski definition) is 1. The molecule has 2 rings (SSSR count). The molecule has 0 spiro atoms. The van der Waals surface area contributed by atoms with Crippen LogP contribution in [0.25, 0.3) is 0 Å². The van der Waals surface area contributed by atoms with E-state index in [0.29, 0.717) is 24.2 Å². The van der Waals surface area contributed by atoms with Crippen LogP contribution in [0.15, 0.2) is 23.1 Å². The first-order valence-electron chi connectivity index (χ1n) is 7.27. The second kappa shape index (κ2) is 6.76. The molecule has 1 saturated heterocycles. The molecule has 1 heterocycles. The molecule has 0 saturated carbocycles. The number of likely N-dealkylation sites (N-methyl/N-ethyl adjacent to an activating group) is 1. The maximum Gasteiger partial charge on any atom is 0.338 e. The summed E-state index contributed by atoms with van der Waals surface area (Å²) in [5, 5.41) is 3.04. The van der Waals surface area contributed by atoms with Gasteiger partial charge in [0.25, 0.3) is 0 Å². The zero-order valence-electron chi connectivity index (χ0n) is 13.1. The van der Waals surface area contributed by atoms with Gasteiger partial charge in [-0.1, -0.05) is 0 Å². The Bertz CT molecular complexity index is 658. The van der Waals surface area contributed by atoms with Crippen molar-refractivity contribution in [3.8, 4) is 0 Å². The molecule has 0 aromatic heterocycles. The SMILES string of the molecule is CNCC1CCCN1S(=O)(=O)c1ccc(C(=O)OC)c(C)c1. The molecule has 1 aromatic rings. The molecule has 1 unspecified atom stereocenters. The van der Waals surface area contributed by atoms with Crippen molar-refractivity contribution in [2.24, 2.45) is 0 Å². The summed E-state index contributed by atoms with van der Waals surface area (Å²) in [6.45, 7) is 2.88. The Balaban J connectivity index is 2.34. The molecular formula is C15H22N2O4S. The second-order valence-corrected chi connectivity index (χ2v) is 7.33. The standard InChI is InChI=1S/C15H22N2O4S/c1-11-9-13(6-7-14(11)15(18)21-3)22(19,20)17-8-4-5-12(17)10-16-2/h6-7,9,12,16H,4-5,8,10H2,1-3H3. The average molecular weight is 326 g/mol. The summed E-state index contributed by atoms with van der Waals surface area (Å²) in [6, 6.07) is 4.51. The highest BCUT2D eigenvalue weighted by molar-refractivity contribution is 7.89. The highest BCUT2D eigenvalue weighted by Gasteiger charge is 2.35. The van der Waals surface area contributed by atoms with Crippen LogP contribution < -0.4 is 5.32 Å². The number of nitrogens with one attached hydrogen (secondary N) is 1. The summed E-state index contributed by atoms with van der Waals surface area (Å²) in [4.78, 5) is 11.8. The quantitative estimate of drug-likeness (QED) is 0.822. The van der Waals surface area contributed by atoms with Crippen LogP contribution in [0, 0.1) is 6.92 Å². The van der Waals surface area contributed by atoms with Gasteiger partial charge in [0.05, 0.1) is 17.6 Å². The third-order valence-electron chi connectivity index (χ3n) is 3.97. The minimum atomic E-state index is -3.54. The second-order valence-electron chi connectivity index (χ2n) is 5.44. The Morgan fingerprint density at radius 3 is 2.77 bits per heavy atom. The van der Waals surface area contributed by atoms with E-state index in [1.807, 2.05) is 7.05 Å². The van der Waals surface area contributed by atoms with Crippen LogP contribution in [-0.2, 0) is 14.8 Å². The van der Waals surface area contributed by atoms with Gasteiger partial charge in [0, 0.05) is 19.1 Å². The van der Waals surface area contributed by atoms with Gasteiger partial charge in [-0.25, -0.2) is 13.2 Å². The van der Waals surface area contributed by atoms with E-state index in [4.69, 9.17) is 0 Å². The number of ether oxygens (including phenoxy) is 1. The van der Waals surface area contributed by atoms with Gasteiger partial charge in [-0.05, 0) is 50.6 Å². The smallest absolute Gasteiger partial charge is 0.338 e. The van der Waals surface area contributed by atoms with E-state index < -0.39 is 16.0 Å². The van der Waals surface area contributed by atoms with Gasteiger partial charge in [0.1, 0.15) is 0 Å². The fourth-order valence-electron chi connectivity index (χ4n) is 2.84. The molecule has 1 N–H and O–H groups in total. The number of carbonyl (C=O) groups excluding carboxylic acids is 1. The molecule has 1 aliphatic rings. The van der Waals surface area contributed by atoms with Crippen LogP contribution >= 0.6 is 0 Å². The largest absolute Gasteiger partial charge is 0.465 e. The maximum absolute atomic E-state index is 12.8. The lowest BCUT2D eigenvalue weighted by atomic mass is 10.1. The molecule has 0 amide bonds. The number of aryl methyl sites for hydroxylation is 1. The van der Waals surface area contributed by atoms with Gasteiger partial charge >= 0.3 is 5.97 Å². The Morgan fingerprint density at radius 2 is 2.18 bits per heavy atom. The zero-order chi connectivity index (χ0) is 16.3. The molecule has 0 radical (unpaired) electrons. The molecule has 1 atom stereocenters. The van der Waals surface area contributed by atoms with Crippen molar-refractivity contribution in [1.82, 2.24) is 9.62 Å². The molecule has 122 valence electrons. The molecule has 0 aliphatic carbocycles. The lowest BCUT2D eigenvalue weighted by molar-refractivity contribution is 0.0600. The molecule has 0 bridgehead atoms. The Kier molecular flexibility index (Phi) is 5.20. The Morgan fingerprint density at radius 1 is 1.45 bits per heavy atom. The van der Waals surface area contributed by atoms with E-state index in [2.05, 4.69) is 10.1 Å². The van der Waals surface area contributed by atoms with Crippen molar-refractivity contribution in [3.63, 3.8) is 0 Å². The molecular weight excluding hydrogens is 304 g/mol. The summed E-state index contributed by atoms with van der Waals surface area (Å²) in [7, 11) is -0.418. The first-order chi connectivity index (χ1) is 10.4. The van der Waals surface area contributed by atoms with Gasteiger partial charge in [-0.2, -0.15) is 4.31 Å². The number of hydrogen-bond acceptors (Lipinski definition) is 5. The van der Waals surface area contributed by atoms with Crippen LogP contribution in [0.3, 0.4) is 0 Å². The fourth-order valence-corrected chi connectivity index (χ4v) is 4.61. The van der Waals surface area contributed by atoms with Crippen LogP contribution in [0.4, 0.5) is 0 Å². The lowest BCUT2D eigenvalue weighted by Gasteiger charge is -2.24. The molecule has 7 heteroatoms. The number of methoxy groups -OCH3 is 1. The van der Waals surface area contributed by atoms with E-state index in [0.717, 1.165) is 12.8 Å². The van der Waals surface area contributed by atoms with E-state index >= 15 is 0 Å². The summed E-state index contributed by atoms with van der Waals surface area (Å²) in [6.07, 6.45) is 1.73. The lowest BCUT2D eigenvalue weighted by Crippen LogP contribution is -2.40. The molecule has 1 aromatic carbocycles. The Hall–Kier alpha value is -1.44. The molecule has 1 aliphatic heterocycles. The van der Waals surface area contributed by atoms with Crippen LogP contribution in [0.2, 0.25) is 0 Å². The maximum atomic E-state index is 12.8. The molecule has 1 fully saturated rings. The Labute approximate surface area is 131 Å². The van der Waals surface area contributed by atoms with Crippen molar-refractivity contribution in [1.29, 1.82) is 0 Å². The minimum absolute atomic E-state index is 0.0180. The first-order valence-corrected chi connectivity index (χ1v) is 8.71.